The minimum absolute atomic E-state index is 0.143. The van der Waals surface area contributed by atoms with Gasteiger partial charge >= 0.3 is 0 Å². The van der Waals surface area contributed by atoms with Crippen molar-refractivity contribution in [3.8, 4) is 0 Å². The van der Waals surface area contributed by atoms with Crippen LogP contribution in [0.1, 0.15) is 38.2 Å². The molecule has 1 amide bonds. The van der Waals surface area contributed by atoms with Gasteiger partial charge in [-0.3, -0.25) is 4.79 Å². The summed E-state index contributed by atoms with van der Waals surface area (Å²) < 4.78 is 0. The van der Waals surface area contributed by atoms with E-state index < -0.39 is 0 Å². The molecule has 1 fully saturated rings. The molecule has 2 rings (SSSR count). The van der Waals surface area contributed by atoms with Gasteiger partial charge < -0.3 is 10.2 Å². The summed E-state index contributed by atoms with van der Waals surface area (Å²) in [6.07, 6.45) is 5.95. The molecule has 0 radical (unpaired) electrons. The molecule has 0 heterocycles. The highest BCUT2D eigenvalue weighted by Gasteiger charge is 2.19. The van der Waals surface area contributed by atoms with E-state index in [4.69, 9.17) is 0 Å². The Balaban J connectivity index is 1.82. The smallest absolute Gasteiger partial charge is 0.226 e. The topological polar surface area (TPSA) is 32.3 Å². The number of carbonyl (C=O) groups is 1. The van der Waals surface area contributed by atoms with E-state index in [9.17, 15) is 4.79 Å². The van der Waals surface area contributed by atoms with Gasteiger partial charge in [-0.05, 0) is 37.0 Å². The van der Waals surface area contributed by atoms with E-state index in [1.807, 2.05) is 12.1 Å². The Labute approximate surface area is 122 Å². The number of rotatable bonds is 6. The Morgan fingerprint density at radius 1 is 1.30 bits per heavy atom. The number of nitrogens with one attached hydrogen (secondary N) is 1. The first kappa shape index (κ1) is 14.9. The molecule has 110 valence electrons. The first-order chi connectivity index (χ1) is 9.54. The average molecular weight is 274 g/mol. The van der Waals surface area contributed by atoms with Crippen LogP contribution in [0.15, 0.2) is 24.3 Å². The number of hydrogen-bond acceptors (Lipinski definition) is 2. The SMILES string of the molecule is CC(CC1CCC1)Nc1ccc(CC(=O)N(C)C)cc1. The van der Waals surface area contributed by atoms with Gasteiger partial charge in [0, 0.05) is 25.8 Å². The first-order valence-corrected chi connectivity index (χ1v) is 7.60. The molecule has 1 aliphatic rings. The summed E-state index contributed by atoms with van der Waals surface area (Å²) >= 11 is 0. The number of likely N-dealkylation sites (N-methyl/N-ethyl adjacent to an activating group) is 1. The number of benzene rings is 1. The highest BCUT2D eigenvalue weighted by molar-refractivity contribution is 5.78. The Hall–Kier alpha value is -1.51. The summed E-state index contributed by atoms with van der Waals surface area (Å²) in [5.41, 5.74) is 2.22. The molecule has 1 aromatic rings. The Morgan fingerprint density at radius 2 is 1.95 bits per heavy atom. The zero-order valence-electron chi connectivity index (χ0n) is 12.9. The summed E-state index contributed by atoms with van der Waals surface area (Å²) in [6, 6.07) is 8.76. The lowest BCUT2D eigenvalue weighted by Gasteiger charge is -2.28. The molecule has 1 aromatic carbocycles. The van der Waals surface area contributed by atoms with Crippen LogP contribution in [-0.4, -0.2) is 30.9 Å². The van der Waals surface area contributed by atoms with Gasteiger partial charge in [0.15, 0.2) is 0 Å². The van der Waals surface area contributed by atoms with E-state index >= 15 is 0 Å². The van der Waals surface area contributed by atoms with E-state index in [1.165, 1.54) is 25.7 Å². The maximum absolute atomic E-state index is 11.6. The Morgan fingerprint density at radius 3 is 2.45 bits per heavy atom. The molecule has 0 aromatic heterocycles. The Bertz CT molecular complexity index is 435. The van der Waals surface area contributed by atoms with Crippen LogP contribution in [0.3, 0.4) is 0 Å². The van der Waals surface area contributed by atoms with E-state index in [1.54, 1.807) is 19.0 Å². The summed E-state index contributed by atoms with van der Waals surface area (Å²) in [4.78, 5) is 13.3. The largest absolute Gasteiger partial charge is 0.383 e. The van der Waals surface area contributed by atoms with Gasteiger partial charge in [0.2, 0.25) is 5.91 Å². The van der Waals surface area contributed by atoms with Crippen molar-refractivity contribution in [1.82, 2.24) is 4.90 Å². The second-order valence-corrected chi connectivity index (χ2v) is 6.24. The third-order valence-electron chi connectivity index (χ3n) is 4.13. The zero-order chi connectivity index (χ0) is 14.5. The predicted molar refractivity (Wildman–Crippen MR) is 83.9 cm³/mol. The fraction of sp³-hybridized carbons (Fsp3) is 0.588. The first-order valence-electron chi connectivity index (χ1n) is 7.60. The molecule has 0 aliphatic heterocycles. The molecule has 20 heavy (non-hydrogen) atoms. The molecule has 3 heteroatoms. The van der Waals surface area contributed by atoms with Crippen LogP contribution in [0, 0.1) is 5.92 Å². The van der Waals surface area contributed by atoms with Crippen molar-refractivity contribution in [3.63, 3.8) is 0 Å². The molecule has 0 bridgehead atoms. The highest BCUT2D eigenvalue weighted by Crippen LogP contribution is 2.31. The van der Waals surface area contributed by atoms with Crippen molar-refractivity contribution in [2.45, 2.75) is 45.1 Å². The van der Waals surface area contributed by atoms with Gasteiger partial charge in [0.25, 0.3) is 0 Å². The molecule has 1 unspecified atom stereocenters. The van der Waals surface area contributed by atoms with Crippen LogP contribution >= 0.6 is 0 Å². The maximum atomic E-state index is 11.6. The van der Waals surface area contributed by atoms with Gasteiger partial charge in [0.05, 0.1) is 6.42 Å². The Kier molecular flexibility index (Phi) is 5.05. The number of anilines is 1. The lowest BCUT2D eigenvalue weighted by molar-refractivity contribution is -0.127. The second-order valence-electron chi connectivity index (χ2n) is 6.24. The fourth-order valence-corrected chi connectivity index (χ4v) is 2.62. The van der Waals surface area contributed by atoms with Gasteiger partial charge in [0.1, 0.15) is 0 Å². The van der Waals surface area contributed by atoms with E-state index in [0.717, 1.165) is 17.2 Å². The van der Waals surface area contributed by atoms with Crippen molar-refractivity contribution >= 4 is 11.6 Å². The van der Waals surface area contributed by atoms with Crippen molar-refractivity contribution in [2.75, 3.05) is 19.4 Å². The van der Waals surface area contributed by atoms with Crippen LogP contribution in [0.5, 0.6) is 0 Å². The molecule has 1 saturated carbocycles. The summed E-state index contributed by atoms with van der Waals surface area (Å²) in [5.74, 6) is 1.07. The molecule has 0 spiro atoms. The summed E-state index contributed by atoms with van der Waals surface area (Å²) in [7, 11) is 3.58. The van der Waals surface area contributed by atoms with Crippen LogP contribution in [-0.2, 0) is 11.2 Å². The normalized spacial score (nSPS) is 16.4. The van der Waals surface area contributed by atoms with Crippen molar-refractivity contribution in [3.05, 3.63) is 29.8 Å². The minimum atomic E-state index is 0.143. The van der Waals surface area contributed by atoms with Crippen molar-refractivity contribution in [2.24, 2.45) is 5.92 Å². The van der Waals surface area contributed by atoms with Crippen molar-refractivity contribution < 1.29 is 4.79 Å². The van der Waals surface area contributed by atoms with E-state index in [0.29, 0.717) is 12.5 Å². The van der Waals surface area contributed by atoms with Crippen molar-refractivity contribution in [1.29, 1.82) is 0 Å². The molecular formula is C17H26N2O. The molecule has 1 aliphatic carbocycles. The minimum Gasteiger partial charge on any atom is -0.383 e. The quantitative estimate of drug-likeness (QED) is 0.863. The third kappa shape index (κ3) is 4.26. The van der Waals surface area contributed by atoms with Crippen LogP contribution < -0.4 is 5.32 Å². The number of amides is 1. The highest BCUT2D eigenvalue weighted by atomic mass is 16.2. The third-order valence-corrected chi connectivity index (χ3v) is 4.13. The van der Waals surface area contributed by atoms with E-state index in [-0.39, 0.29) is 5.91 Å². The molecule has 3 nitrogen and oxygen atoms in total. The number of carbonyl (C=O) groups excluding carboxylic acids is 1. The molecule has 0 saturated heterocycles. The van der Waals surface area contributed by atoms with Crippen LogP contribution in [0.2, 0.25) is 0 Å². The van der Waals surface area contributed by atoms with Gasteiger partial charge in [-0.2, -0.15) is 0 Å². The van der Waals surface area contributed by atoms with Gasteiger partial charge in [-0.25, -0.2) is 0 Å². The van der Waals surface area contributed by atoms with Crippen LogP contribution in [0.25, 0.3) is 0 Å². The molecular weight excluding hydrogens is 248 g/mol. The summed E-state index contributed by atoms with van der Waals surface area (Å²) in [5, 5.41) is 3.55. The molecule has 1 N–H and O–H groups in total. The van der Waals surface area contributed by atoms with E-state index in [2.05, 4.69) is 24.4 Å². The second kappa shape index (κ2) is 6.78. The maximum Gasteiger partial charge on any atom is 0.226 e. The fourth-order valence-electron chi connectivity index (χ4n) is 2.62. The zero-order valence-corrected chi connectivity index (χ0v) is 12.9. The predicted octanol–water partition coefficient (Wildman–Crippen LogP) is 3.31. The van der Waals surface area contributed by atoms with Crippen LogP contribution in [0.4, 0.5) is 5.69 Å². The summed E-state index contributed by atoms with van der Waals surface area (Å²) in [6.45, 7) is 2.25. The average Bonchev–Trinajstić information content (AvgIpc) is 2.36. The lowest BCUT2D eigenvalue weighted by Crippen LogP contribution is -2.24. The van der Waals surface area contributed by atoms with Gasteiger partial charge in [-0.15, -0.1) is 0 Å². The monoisotopic (exact) mass is 274 g/mol. The van der Waals surface area contributed by atoms with Gasteiger partial charge in [-0.1, -0.05) is 31.4 Å². The lowest BCUT2D eigenvalue weighted by atomic mass is 9.81. The molecule has 1 atom stereocenters. The number of nitrogens with zero attached hydrogens (tertiary/aromatic N) is 1. The standard InChI is InChI=1S/C17H26N2O/c1-13(11-14-5-4-6-14)18-16-9-7-15(8-10-16)12-17(20)19(2)3/h7-10,13-14,18H,4-6,11-12H2,1-3H3. The number of hydrogen-bond donors (Lipinski definition) is 1.